The molecule has 0 bridgehead atoms. The van der Waals surface area contributed by atoms with Crippen molar-refractivity contribution in [1.29, 1.82) is 5.26 Å². The summed E-state index contributed by atoms with van der Waals surface area (Å²) < 4.78 is 16.9. The van der Waals surface area contributed by atoms with Crippen molar-refractivity contribution in [3.8, 4) is 17.6 Å². The lowest BCUT2D eigenvalue weighted by Crippen LogP contribution is -2.35. The molecule has 1 aliphatic heterocycles. The highest BCUT2D eigenvalue weighted by Gasteiger charge is 2.20. The Morgan fingerprint density at radius 3 is 2.77 bits per heavy atom. The number of nitrogens with zero attached hydrogens (tertiary/aromatic N) is 2. The normalized spacial score (nSPS) is 17.0. The van der Waals surface area contributed by atoms with Crippen LogP contribution in [0.4, 0.5) is 0 Å². The second kappa shape index (κ2) is 11.2. The van der Waals surface area contributed by atoms with E-state index in [0.717, 1.165) is 12.8 Å². The van der Waals surface area contributed by atoms with E-state index in [1.54, 1.807) is 39.2 Å². The zero-order valence-corrected chi connectivity index (χ0v) is 17.9. The van der Waals surface area contributed by atoms with Crippen LogP contribution in [0.5, 0.6) is 11.5 Å². The van der Waals surface area contributed by atoms with Crippen LogP contribution in [0.2, 0.25) is 0 Å². The lowest BCUT2D eigenvalue weighted by molar-refractivity contribution is -0.135. The van der Waals surface area contributed by atoms with Crippen molar-refractivity contribution in [2.24, 2.45) is 0 Å². The molecule has 1 aromatic carbocycles. The van der Waals surface area contributed by atoms with E-state index in [1.807, 2.05) is 13.0 Å². The fourth-order valence-electron chi connectivity index (χ4n) is 3.01. The van der Waals surface area contributed by atoms with Crippen molar-refractivity contribution in [1.82, 2.24) is 10.2 Å². The molecule has 0 saturated carbocycles. The van der Waals surface area contributed by atoms with Crippen LogP contribution in [0.3, 0.4) is 0 Å². The molecule has 0 aliphatic carbocycles. The maximum atomic E-state index is 12.3. The minimum Gasteiger partial charge on any atom is -0.490 e. The van der Waals surface area contributed by atoms with E-state index in [9.17, 15) is 14.9 Å². The maximum absolute atomic E-state index is 12.3. The van der Waals surface area contributed by atoms with Crippen LogP contribution in [-0.4, -0.2) is 62.8 Å². The minimum absolute atomic E-state index is 0.00162. The predicted octanol–water partition coefficient (Wildman–Crippen LogP) is 2.14. The Bertz CT molecular complexity index is 823. The van der Waals surface area contributed by atoms with Crippen LogP contribution in [0.1, 0.15) is 32.3 Å². The summed E-state index contributed by atoms with van der Waals surface area (Å²) in [6.07, 6.45) is 2.70. The van der Waals surface area contributed by atoms with E-state index in [1.165, 1.54) is 11.0 Å². The molecule has 0 unspecified atom stereocenters. The van der Waals surface area contributed by atoms with Crippen molar-refractivity contribution < 1.29 is 23.8 Å². The molecule has 0 spiro atoms. The molecule has 1 heterocycles. The summed E-state index contributed by atoms with van der Waals surface area (Å²) in [6, 6.07) is 6.98. The van der Waals surface area contributed by atoms with Gasteiger partial charge in [0.15, 0.2) is 17.6 Å². The highest BCUT2D eigenvalue weighted by atomic mass is 16.5. The number of benzene rings is 1. The van der Waals surface area contributed by atoms with Crippen molar-refractivity contribution >= 4 is 17.9 Å². The van der Waals surface area contributed by atoms with Gasteiger partial charge in [-0.3, -0.25) is 9.59 Å². The van der Waals surface area contributed by atoms with Gasteiger partial charge in [0.05, 0.1) is 12.7 Å². The van der Waals surface area contributed by atoms with Crippen molar-refractivity contribution in [2.75, 3.05) is 33.9 Å². The summed E-state index contributed by atoms with van der Waals surface area (Å²) in [7, 11) is 3.32. The second-order valence-electron chi connectivity index (χ2n) is 7.15. The molecule has 2 rings (SSSR count). The molecule has 1 fully saturated rings. The Labute approximate surface area is 177 Å². The molecule has 1 aromatic rings. The molecule has 1 saturated heterocycles. The first-order valence-corrected chi connectivity index (χ1v) is 10.0. The van der Waals surface area contributed by atoms with Crippen LogP contribution in [-0.2, 0) is 14.3 Å². The van der Waals surface area contributed by atoms with Gasteiger partial charge in [-0.15, -0.1) is 0 Å². The van der Waals surface area contributed by atoms with Gasteiger partial charge in [-0.1, -0.05) is 6.07 Å². The van der Waals surface area contributed by atoms with Crippen LogP contribution < -0.4 is 14.8 Å². The van der Waals surface area contributed by atoms with Crippen LogP contribution in [0, 0.1) is 11.3 Å². The molecule has 0 radical (unpaired) electrons. The first kappa shape index (κ1) is 23.2. The topological polar surface area (TPSA) is 101 Å². The lowest BCUT2D eigenvalue weighted by atomic mass is 10.1. The smallest absolute Gasteiger partial charge is 0.262 e. The number of nitrogens with one attached hydrogen (secondary N) is 1. The molecule has 30 heavy (non-hydrogen) atoms. The molecular weight excluding hydrogens is 386 g/mol. The third-order valence-corrected chi connectivity index (χ3v) is 4.55. The summed E-state index contributed by atoms with van der Waals surface area (Å²) in [5.74, 6) is 0.229. The average molecular weight is 415 g/mol. The van der Waals surface area contributed by atoms with Gasteiger partial charge in [0.2, 0.25) is 0 Å². The van der Waals surface area contributed by atoms with Crippen LogP contribution in [0.25, 0.3) is 6.08 Å². The number of amides is 2. The third-order valence-electron chi connectivity index (χ3n) is 4.55. The number of nitriles is 1. The van der Waals surface area contributed by atoms with Crippen molar-refractivity contribution in [3.05, 3.63) is 29.3 Å². The minimum atomic E-state index is -0.682. The Hall–Kier alpha value is -3.05. The fraction of sp³-hybridized carbons (Fsp3) is 0.500. The van der Waals surface area contributed by atoms with Gasteiger partial charge >= 0.3 is 0 Å². The Kier molecular flexibility index (Phi) is 8.69. The van der Waals surface area contributed by atoms with Gasteiger partial charge in [-0.05, 0) is 50.5 Å². The van der Waals surface area contributed by atoms with Gasteiger partial charge < -0.3 is 24.4 Å². The standard InChI is InChI=1S/C22H29N3O5/c1-5-28-20-12-16(8-9-19(20)30-15(2)22(27)25(3)4)11-17(13-23)21(26)24-14-18-7-6-10-29-18/h8-9,11-12,15,18H,5-7,10,14H2,1-4H3,(H,24,26)/b17-11+/t15-,18-/m1/s1. The first-order chi connectivity index (χ1) is 14.3. The molecule has 8 heteroatoms. The third kappa shape index (κ3) is 6.49. The SMILES string of the molecule is CCOc1cc(/C=C(\C#N)C(=O)NC[C@H]2CCCO2)ccc1O[C@H](C)C(=O)N(C)C. The monoisotopic (exact) mass is 415 g/mol. The van der Waals surface area contributed by atoms with Gasteiger partial charge in [0.25, 0.3) is 11.8 Å². The molecule has 2 amide bonds. The summed E-state index contributed by atoms with van der Waals surface area (Å²) in [6.45, 7) is 4.98. The van der Waals surface area contributed by atoms with Gasteiger partial charge in [-0.25, -0.2) is 0 Å². The number of hydrogen-bond donors (Lipinski definition) is 1. The number of carbonyl (C=O) groups excluding carboxylic acids is 2. The zero-order chi connectivity index (χ0) is 22.1. The van der Waals surface area contributed by atoms with Gasteiger partial charge in [-0.2, -0.15) is 5.26 Å². The van der Waals surface area contributed by atoms with E-state index < -0.39 is 12.0 Å². The van der Waals surface area contributed by atoms with E-state index in [2.05, 4.69) is 5.32 Å². The van der Waals surface area contributed by atoms with Gasteiger partial charge in [0.1, 0.15) is 11.6 Å². The molecule has 8 nitrogen and oxygen atoms in total. The first-order valence-electron chi connectivity index (χ1n) is 10.0. The second-order valence-corrected chi connectivity index (χ2v) is 7.15. The van der Waals surface area contributed by atoms with Crippen molar-refractivity contribution in [3.63, 3.8) is 0 Å². The lowest BCUT2D eigenvalue weighted by Gasteiger charge is -2.20. The molecule has 0 aromatic heterocycles. The van der Waals surface area contributed by atoms with E-state index in [4.69, 9.17) is 14.2 Å². The number of hydrogen-bond acceptors (Lipinski definition) is 6. The van der Waals surface area contributed by atoms with E-state index in [0.29, 0.717) is 36.8 Å². The summed E-state index contributed by atoms with van der Waals surface area (Å²) in [5, 5.41) is 12.1. The van der Waals surface area contributed by atoms with Gasteiger partial charge in [0, 0.05) is 27.2 Å². The predicted molar refractivity (Wildman–Crippen MR) is 112 cm³/mol. The summed E-state index contributed by atoms with van der Waals surface area (Å²) in [4.78, 5) is 25.9. The molecule has 1 aliphatic rings. The Morgan fingerprint density at radius 2 is 2.17 bits per heavy atom. The van der Waals surface area contributed by atoms with E-state index in [-0.39, 0.29) is 17.6 Å². The molecule has 162 valence electrons. The highest BCUT2D eigenvalue weighted by molar-refractivity contribution is 6.01. The maximum Gasteiger partial charge on any atom is 0.262 e. The number of likely N-dealkylation sites (N-methyl/N-ethyl adjacent to an activating group) is 1. The number of rotatable bonds is 9. The Balaban J connectivity index is 2.15. The average Bonchev–Trinajstić information content (AvgIpc) is 3.25. The quantitative estimate of drug-likeness (QED) is 0.490. The van der Waals surface area contributed by atoms with E-state index >= 15 is 0 Å². The number of ether oxygens (including phenoxy) is 3. The highest BCUT2D eigenvalue weighted by Crippen LogP contribution is 2.30. The number of carbonyl (C=O) groups is 2. The molecular formula is C22H29N3O5. The summed E-state index contributed by atoms with van der Waals surface area (Å²) >= 11 is 0. The largest absolute Gasteiger partial charge is 0.490 e. The molecule has 2 atom stereocenters. The zero-order valence-electron chi connectivity index (χ0n) is 17.9. The summed E-state index contributed by atoms with van der Waals surface area (Å²) in [5.41, 5.74) is 0.599. The van der Waals surface area contributed by atoms with Crippen molar-refractivity contribution in [2.45, 2.75) is 38.9 Å². The van der Waals surface area contributed by atoms with Crippen LogP contribution >= 0.6 is 0 Å². The van der Waals surface area contributed by atoms with Crippen LogP contribution in [0.15, 0.2) is 23.8 Å². The fourth-order valence-corrected chi connectivity index (χ4v) is 3.01. The Morgan fingerprint density at radius 1 is 1.40 bits per heavy atom. The molecule has 1 N–H and O–H groups in total.